The molecule has 0 rings (SSSR count). The molecule has 0 nitrogen and oxygen atoms in total. The molecule has 0 aliphatic carbocycles. The zero-order chi connectivity index (χ0) is 13.4. The molecule has 0 amide bonds. The van der Waals surface area contributed by atoms with Crippen LogP contribution in [-0.4, -0.2) is 0 Å². The molecule has 3 unspecified atom stereocenters. The van der Waals surface area contributed by atoms with Crippen molar-refractivity contribution in [3.63, 3.8) is 0 Å². The summed E-state index contributed by atoms with van der Waals surface area (Å²) in [6, 6.07) is 0. The van der Waals surface area contributed by atoms with E-state index in [2.05, 4.69) is 59.9 Å². The van der Waals surface area contributed by atoms with Crippen LogP contribution in [0.25, 0.3) is 0 Å². The summed E-state index contributed by atoms with van der Waals surface area (Å²) in [5.41, 5.74) is 1.58. The summed E-state index contributed by atoms with van der Waals surface area (Å²) in [5, 5.41) is 0. The van der Waals surface area contributed by atoms with Crippen molar-refractivity contribution in [2.24, 2.45) is 23.7 Å². The molecule has 0 fully saturated rings. The summed E-state index contributed by atoms with van der Waals surface area (Å²) >= 11 is 0. The van der Waals surface area contributed by atoms with Gasteiger partial charge in [0.05, 0.1) is 0 Å². The highest BCUT2D eigenvalue weighted by molar-refractivity contribution is 5.12. The summed E-state index contributed by atoms with van der Waals surface area (Å²) in [6.07, 6.45) is 8.99. The van der Waals surface area contributed by atoms with Gasteiger partial charge in [0, 0.05) is 0 Å². The van der Waals surface area contributed by atoms with Crippen molar-refractivity contribution in [2.75, 3.05) is 0 Å². The van der Waals surface area contributed by atoms with Gasteiger partial charge in [0.25, 0.3) is 0 Å². The fraction of sp³-hybridized carbons (Fsp3) is 0.647. The van der Waals surface area contributed by atoms with E-state index in [0.717, 1.165) is 0 Å². The third kappa shape index (κ3) is 5.39. The molecular weight excluding hydrogens is 204 g/mol. The van der Waals surface area contributed by atoms with Gasteiger partial charge in [-0.2, -0.15) is 0 Å². The molecule has 0 radical (unpaired) electrons. The fourth-order valence-electron chi connectivity index (χ4n) is 2.46. The first-order chi connectivity index (χ1) is 7.97. The molecule has 3 atom stereocenters. The van der Waals surface area contributed by atoms with Gasteiger partial charge >= 0.3 is 0 Å². The van der Waals surface area contributed by atoms with Crippen LogP contribution in [0.5, 0.6) is 0 Å². The Balaban J connectivity index is 4.97. The van der Waals surface area contributed by atoms with E-state index < -0.39 is 0 Å². The Labute approximate surface area is 109 Å². The maximum atomic E-state index is 4.00. The van der Waals surface area contributed by atoms with Crippen LogP contribution in [0.4, 0.5) is 0 Å². The van der Waals surface area contributed by atoms with E-state index in [9.17, 15) is 0 Å². The largest absolute Gasteiger partial charge is 0.103 e. The molecule has 0 aliphatic rings. The quantitative estimate of drug-likeness (QED) is 0.477. The number of allylic oxidation sites excluding steroid dienone is 4. The van der Waals surface area contributed by atoms with Crippen molar-refractivity contribution in [3.8, 4) is 0 Å². The third-order valence-electron chi connectivity index (χ3n) is 3.50. The minimum absolute atomic E-state index is 0.495. The van der Waals surface area contributed by atoms with Crippen molar-refractivity contribution >= 4 is 0 Å². The molecule has 0 aromatic carbocycles. The molecule has 0 N–H and O–H groups in total. The molecule has 0 saturated carbocycles. The maximum absolute atomic E-state index is 4.00. The van der Waals surface area contributed by atoms with Gasteiger partial charge < -0.3 is 0 Å². The number of rotatable bonds is 8. The van der Waals surface area contributed by atoms with Gasteiger partial charge in [-0.05, 0) is 30.1 Å². The second-order valence-corrected chi connectivity index (χ2v) is 5.43. The SMILES string of the molecule is C=CC(C)C(C=C)C(C)/C(=C\C(C)C)CCC. The monoisotopic (exact) mass is 234 g/mol. The van der Waals surface area contributed by atoms with E-state index in [4.69, 9.17) is 0 Å². The van der Waals surface area contributed by atoms with E-state index in [0.29, 0.717) is 23.7 Å². The molecule has 0 aromatic heterocycles. The molecule has 0 saturated heterocycles. The van der Waals surface area contributed by atoms with Crippen molar-refractivity contribution in [1.29, 1.82) is 0 Å². The number of hydrogen-bond donors (Lipinski definition) is 0. The van der Waals surface area contributed by atoms with E-state index >= 15 is 0 Å². The molecule has 98 valence electrons. The fourth-order valence-corrected chi connectivity index (χ4v) is 2.46. The Morgan fingerprint density at radius 1 is 1.06 bits per heavy atom. The normalized spacial score (nSPS) is 17.6. The zero-order valence-electron chi connectivity index (χ0n) is 12.4. The molecule has 0 spiro atoms. The van der Waals surface area contributed by atoms with Crippen molar-refractivity contribution in [2.45, 2.75) is 47.5 Å². The minimum atomic E-state index is 0.495. The number of hydrogen-bond acceptors (Lipinski definition) is 0. The van der Waals surface area contributed by atoms with E-state index in [1.54, 1.807) is 5.57 Å². The average Bonchev–Trinajstić information content (AvgIpc) is 2.28. The van der Waals surface area contributed by atoms with Gasteiger partial charge in [-0.3, -0.25) is 0 Å². The van der Waals surface area contributed by atoms with Crippen molar-refractivity contribution in [1.82, 2.24) is 0 Å². The molecule has 0 heteroatoms. The predicted molar refractivity (Wildman–Crippen MR) is 80.0 cm³/mol. The van der Waals surface area contributed by atoms with E-state index in [1.807, 2.05) is 6.08 Å². The van der Waals surface area contributed by atoms with Gasteiger partial charge in [-0.15, -0.1) is 13.2 Å². The van der Waals surface area contributed by atoms with Crippen LogP contribution in [0, 0.1) is 23.7 Å². The molecule has 0 bridgehead atoms. The van der Waals surface area contributed by atoms with Crippen molar-refractivity contribution < 1.29 is 0 Å². The Morgan fingerprint density at radius 2 is 1.65 bits per heavy atom. The van der Waals surface area contributed by atoms with E-state index in [1.165, 1.54) is 12.8 Å². The zero-order valence-corrected chi connectivity index (χ0v) is 12.4. The van der Waals surface area contributed by atoms with Gasteiger partial charge in [0.1, 0.15) is 0 Å². The highest BCUT2D eigenvalue weighted by Gasteiger charge is 2.21. The first-order valence-corrected chi connectivity index (χ1v) is 6.93. The summed E-state index contributed by atoms with van der Waals surface area (Å²) < 4.78 is 0. The second-order valence-electron chi connectivity index (χ2n) is 5.43. The summed E-state index contributed by atoms with van der Waals surface area (Å²) in [4.78, 5) is 0. The van der Waals surface area contributed by atoms with Crippen LogP contribution < -0.4 is 0 Å². The van der Waals surface area contributed by atoms with Gasteiger partial charge in [0.15, 0.2) is 0 Å². The molecule has 0 aliphatic heterocycles. The Morgan fingerprint density at radius 3 is 2.00 bits per heavy atom. The summed E-state index contributed by atoms with van der Waals surface area (Å²) in [6.45, 7) is 19.2. The van der Waals surface area contributed by atoms with E-state index in [-0.39, 0.29) is 0 Å². The lowest BCUT2D eigenvalue weighted by atomic mass is 9.77. The Hall–Kier alpha value is -0.780. The standard InChI is InChI=1S/C17H30/c1-8-11-16(12-13(4)5)15(7)17(10-3)14(6)9-2/h9-10,12-15,17H,2-3,8,11H2,1,4-7H3/b16-12-. The molecule has 0 aromatic rings. The summed E-state index contributed by atoms with van der Waals surface area (Å²) in [5.74, 6) is 2.20. The Kier molecular flexibility index (Phi) is 7.95. The van der Waals surface area contributed by atoms with Crippen LogP contribution in [0.3, 0.4) is 0 Å². The maximum Gasteiger partial charge on any atom is -0.0113 e. The highest BCUT2D eigenvalue weighted by Crippen LogP contribution is 2.31. The minimum Gasteiger partial charge on any atom is -0.103 e. The lowest BCUT2D eigenvalue weighted by Crippen LogP contribution is -2.18. The smallest absolute Gasteiger partial charge is 0.0113 e. The third-order valence-corrected chi connectivity index (χ3v) is 3.50. The topological polar surface area (TPSA) is 0 Å². The van der Waals surface area contributed by atoms with Crippen LogP contribution >= 0.6 is 0 Å². The van der Waals surface area contributed by atoms with Crippen LogP contribution in [0.15, 0.2) is 37.0 Å². The van der Waals surface area contributed by atoms with Crippen LogP contribution in [0.1, 0.15) is 47.5 Å². The highest BCUT2D eigenvalue weighted by atomic mass is 14.3. The summed E-state index contributed by atoms with van der Waals surface area (Å²) in [7, 11) is 0. The first-order valence-electron chi connectivity index (χ1n) is 6.93. The average molecular weight is 234 g/mol. The van der Waals surface area contributed by atoms with Crippen molar-refractivity contribution in [3.05, 3.63) is 37.0 Å². The second kappa shape index (κ2) is 8.33. The van der Waals surface area contributed by atoms with Gasteiger partial charge in [0.2, 0.25) is 0 Å². The lowest BCUT2D eigenvalue weighted by molar-refractivity contribution is 0.392. The molecular formula is C17H30. The van der Waals surface area contributed by atoms with Crippen LogP contribution in [0.2, 0.25) is 0 Å². The van der Waals surface area contributed by atoms with Crippen LogP contribution in [-0.2, 0) is 0 Å². The first kappa shape index (κ1) is 16.2. The predicted octanol–water partition coefficient (Wildman–Crippen LogP) is 5.63. The van der Waals surface area contributed by atoms with Gasteiger partial charge in [-0.1, -0.05) is 64.8 Å². The lowest BCUT2D eigenvalue weighted by Gasteiger charge is -2.27. The molecule has 17 heavy (non-hydrogen) atoms. The van der Waals surface area contributed by atoms with Gasteiger partial charge in [-0.25, -0.2) is 0 Å². The Bertz CT molecular complexity index is 257. The molecule has 0 heterocycles.